The normalized spacial score (nSPS) is 22.7. The zero-order chi connectivity index (χ0) is 15.6. The summed E-state index contributed by atoms with van der Waals surface area (Å²) in [4.78, 5) is -0.343. The van der Waals surface area contributed by atoms with E-state index in [0.717, 1.165) is 19.3 Å². The first-order chi connectivity index (χ1) is 9.89. The third kappa shape index (κ3) is 3.79. The first-order valence-electron chi connectivity index (χ1n) is 6.62. The van der Waals surface area contributed by atoms with Crippen molar-refractivity contribution in [3.63, 3.8) is 0 Å². The number of thioether (sulfide) groups is 1. The molecule has 3 N–H and O–H groups in total. The maximum Gasteiger partial charge on any atom is 0.243 e. The van der Waals surface area contributed by atoms with Crippen molar-refractivity contribution in [2.24, 2.45) is 5.73 Å². The van der Waals surface area contributed by atoms with E-state index in [2.05, 4.69) is 20.7 Å². The van der Waals surface area contributed by atoms with Crippen molar-refractivity contribution in [2.45, 2.75) is 42.0 Å². The molecule has 21 heavy (non-hydrogen) atoms. The molecule has 0 aromatic heterocycles. The first kappa shape index (κ1) is 17.2. The largest absolute Gasteiger partial charge is 0.326 e. The Morgan fingerprint density at radius 1 is 1.48 bits per heavy atom. The van der Waals surface area contributed by atoms with Crippen LogP contribution in [-0.4, -0.2) is 26.0 Å². The minimum absolute atomic E-state index is 0.0509. The number of hydrogen-bond donors (Lipinski definition) is 2. The Balaban J connectivity index is 2.34. The fourth-order valence-electron chi connectivity index (χ4n) is 2.57. The van der Waals surface area contributed by atoms with Crippen molar-refractivity contribution in [2.75, 3.05) is 6.26 Å². The second-order valence-electron chi connectivity index (χ2n) is 5.01. The van der Waals surface area contributed by atoms with Crippen molar-refractivity contribution in [3.8, 4) is 0 Å². The summed E-state index contributed by atoms with van der Waals surface area (Å²) in [7, 11) is -3.90. The van der Waals surface area contributed by atoms with Gasteiger partial charge in [-0.25, -0.2) is 17.5 Å². The molecule has 1 aliphatic rings. The molecule has 1 saturated carbocycles. The van der Waals surface area contributed by atoms with E-state index in [9.17, 15) is 12.8 Å². The van der Waals surface area contributed by atoms with E-state index in [1.165, 1.54) is 12.1 Å². The summed E-state index contributed by atoms with van der Waals surface area (Å²) in [6, 6.07) is 2.62. The fraction of sp³-hybridized carbons (Fsp3) is 0.538. The van der Waals surface area contributed by atoms with E-state index in [-0.39, 0.29) is 28.3 Å². The molecular weight excluding hydrogens is 379 g/mol. The lowest BCUT2D eigenvalue weighted by Crippen LogP contribution is -2.39. The van der Waals surface area contributed by atoms with E-state index in [1.807, 2.05) is 6.26 Å². The van der Waals surface area contributed by atoms with Gasteiger partial charge in [-0.2, -0.15) is 11.8 Å². The van der Waals surface area contributed by atoms with Gasteiger partial charge in [0.1, 0.15) is 10.7 Å². The molecule has 0 aliphatic heterocycles. The maximum absolute atomic E-state index is 14.3. The molecule has 1 fully saturated rings. The van der Waals surface area contributed by atoms with Gasteiger partial charge in [0, 0.05) is 27.9 Å². The van der Waals surface area contributed by atoms with Gasteiger partial charge in [0.15, 0.2) is 0 Å². The Bertz CT molecular complexity index is 625. The molecule has 2 unspecified atom stereocenters. The molecule has 1 aromatic carbocycles. The standard InChI is InChI=1S/C13H18BrFN2O2S2/c1-20-11-4-2-3-10(11)17-21(18,19)12-6-9(14)5-8(7-16)13(12)15/h5-6,10-11,17H,2-4,7,16H2,1H3. The first-order valence-corrected chi connectivity index (χ1v) is 10.2. The number of hydrogen-bond acceptors (Lipinski definition) is 4. The predicted molar refractivity (Wildman–Crippen MR) is 87.3 cm³/mol. The summed E-state index contributed by atoms with van der Waals surface area (Å²) >= 11 is 4.84. The highest BCUT2D eigenvalue weighted by Crippen LogP contribution is 2.30. The second kappa shape index (κ2) is 6.95. The Hall–Kier alpha value is -0.150. The molecule has 1 aliphatic carbocycles. The molecule has 2 atom stereocenters. The number of nitrogens with two attached hydrogens (primary N) is 1. The molecule has 118 valence electrons. The lowest BCUT2D eigenvalue weighted by molar-refractivity contribution is 0.534. The van der Waals surface area contributed by atoms with Crippen LogP contribution in [0.15, 0.2) is 21.5 Å². The fourth-order valence-corrected chi connectivity index (χ4v) is 5.70. The Morgan fingerprint density at radius 2 is 2.19 bits per heavy atom. The van der Waals surface area contributed by atoms with Crippen molar-refractivity contribution < 1.29 is 12.8 Å². The zero-order valence-corrected chi connectivity index (χ0v) is 14.8. The van der Waals surface area contributed by atoms with Crippen LogP contribution in [0.2, 0.25) is 0 Å². The molecule has 0 amide bonds. The summed E-state index contributed by atoms with van der Waals surface area (Å²) in [6.45, 7) is -0.0509. The van der Waals surface area contributed by atoms with Crippen LogP contribution >= 0.6 is 27.7 Å². The molecule has 2 rings (SSSR count). The van der Waals surface area contributed by atoms with Crippen LogP contribution in [0.3, 0.4) is 0 Å². The van der Waals surface area contributed by atoms with Crippen LogP contribution in [0, 0.1) is 5.82 Å². The zero-order valence-electron chi connectivity index (χ0n) is 11.6. The summed E-state index contributed by atoms with van der Waals surface area (Å²) in [5.74, 6) is -0.771. The van der Waals surface area contributed by atoms with Crippen LogP contribution < -0.4 is 10.5 Å². The summed E-state index contributed by atoms with van der Waals surface area (Å²) in [5, 5.41) is 0.240. The van der Waals surface area contributed by atoms with Gasteiger partial charge in [-0.15, -0.1) is 0 Å². The lowest BCUT2D eigenvalue weighted by atomic mass is 10.2. The van der Waals surface area contributed by atoms with Crippen LogP contribution in [0.1, 0.15) is 24.8 Å². The Morgan fingerprint density at radius 3 is 2.81 bits per heavy atom. The van der Waals surface area contributed by atoms with Gasteiger partial charge in [0.2, 0.25) is 10.0 Å². The lowest BCUT2D eigenvalue weighted by Gasteiger charge is -2.20. The Kier molecular flexibility index (Phi) is 5.70. The van der Waals surface area contributed by atoms with Gasteiger partial charge < -0.3 is 5.73 Å². The predicted octanol–water partition coefficient (Wildman–Crippen LogP) is 2.61. The highest BCUT2D eigenvalue weighted by atomic mass is 79.9. The molecule has 0 bridgehead atoms. The molecule has 0 spiro atoms. The van der Waals surface area contributed by atoms with Gasteiger partial charge >= 0.3 is 0 Å². The van der Waals surface area contributed by atoms with Crippen LogP contribution in [0.5, 0.6) is 0 Å². The van der Waals surface area contributed by atoms with Crippen molar-refractivity contribution >= 4 is 37.7 Å². The van der Waals surface area contributed by atoms with E-state index >= 15 is 0 Å². The monoisotopic (exact) mass is 396 g/mol. The van der Waals surface area contributed by atoms with Gasteiger partial charge in [0.05, 0.1) is 0 Å². The number of sulfonamides is 1. The summed E-state index contributed by atoms with van der Waals surface area (Å²) in [6.07, 6.45) is 4.70. The molecule has 0 heterocycles. The average molecular weight is 397 g/mol. The van der Waals surface area contributed by atoms with Crippen LogP contribution in [0.4, 0.5) is 4.39 Å². The molecule has 1 aromatic rings. The SMILES string of the molecule is CSC1CCCC1NS(=O)(=O)c1cc(Br)cc(CN)c1F. The topological polar surface area (TPSA) is 72.2 Å². The van der Waals surface area contributed by atoms with Crippen molar-refractivity contribution in [3.05, 3.63) is 28.0 Å². The Labute approximate surface area is 137 Å². The number of halogens is 2. The summed E-state index contributed by atoms with van der Waals surface area (Å²) in [5.41, 5.74) is 5.64. The van der Waals surface area contributed by atoms with Crippen molar-refractivity contribution in [1.29, 1.82) is 0 Å². The highest BCUT2D eigenvalue weighted by Gasteiger charge is 2.32. The smallest absolute Gasteiger partial charge is 0.243 e. The van der Waals surface area contributed by atoms with Gasteiger partial charge in [0.25, 0.3) is 0 Å². The van der Waals surface area contributed by atoms with Crippen LogP contribution in [0.25, 0.3) is 0 Å². The van der Waals surface area contributed by atoms with E-state index in [4.69, 9.17) is 5.73 Å². The minimum Gasteiger partial charge on any atom is -0.326 e. The van der Waals surface area contributed by atoms with Crippen LogP contribution in [-0.2, 0) is 16.6 Å². The molecule has 4 nitrogen and oxygen atoms in total. The molecule has 0 saturated heterocycles. The summed E-state index contributed by atoms with van der Waals surface area (Å²) < 4.78 is 42.4. The maximum atomic E-state index is 14.3. The van der Waals surface area contributed by atoms with Gasteiger partial charge in [-0.3, -0.25) is 0 Å². The van der Waals surface area contributed by atoms with Gasteiger partial charge in [-0.1, -0.05) is 22.4 Å². The van der Waals surface area contributed by atoms with Crippen molar-refractivity contribution in [1.82, 2.24) is 4.72 Å². The molecular formula is C13H18BrFN2O2S2. The second-order valence-corrected chi connectivity index (χ2v) is 8.69. The molecule has 0 radical (unpaired) electrons. The third-order valence-corrected chi connectivity index (χ3v) is 6.77. The van der Waals surface area contributed by atoms with E-state index in [1.54, 1.807) is 11.8 Å². The van der Waals surface area contributed by atoms with E-state index in [0.29, 0.717) is 4.47 Å². The third-order valence-electron chi connectivity index (χ3n) is 3.65. The minimum atomic E-state index is -3.90. The van der Waals surface area contributed by atoms with E-state index < -0.39 is 15.8 Å². The highest BCUT2D eigenvalue weighted by molar-refractivity contribution is 9.10. The molecule has 8 heteroatoms. The number of nitrogens with one attached hydrogen (secondary N) is 1. The quantitative estimate of drug-likeness (QED) is 0.801. The number of benzene rings is 1. The number of rotatable bonds is 5. The average Bonchev–Trinajstić information content (AvgIpc) is 2.87. The van der Waals surface area contributed by atoms with Gasteiger partial charge in [-0.05, 0) is 31.2 Å².